The standard InChI is InChI=1S/C22H26N4O4/c1-22(16-6-5-7-18(12-16)30-4)20(28)26(21(29)24-22)14-19(27)23-13-15-8-10-17(11-9-15)25(2)3/h5-12H,13-14H2,1-4H3,(H,23,27)(H,24,29)/t22-/m0/s1. The number of ether oxygens (including phenoxy) is 1. The van der Waals surface area contributed by atoms with Gasteiger partial charge < -0.3 is 20.3 Å². The van der Waals surface area contributed by atoms with Crippen molar-refractivity contribution in [3.8, 4) is 5.75 Å². The van der Waals surface area contributed by atoms with Gasteiger partial charge in [-0.1, -0.05) is 24.3 Å². The normalized spacial score (nSPS) is 18.2. The van der Waals surface area contributed by atoms with Crippen LogP contribution in [0.5, 0.6) is 5.75 Å². The number of methoxy groups -OCH3 is 1. The largest absolute Gasteiger partial charge is 0.497 e. The van der Waals surface area contributed by atoms with Crippen LogP contribution in [-0.4, -0.2) is 50.5 Å². The zero-order valence-electron chi connectivity index (χ0n) is 17.6. The molecule has 1 aliphatic heterocycles. The summed E-state index contributed by atoms with van der Waals surface area (Å²) in [6.45, 7) is 1.58. The van der Waals surface area contributed by atoms with Gasteiger partial charge in [0, 0.05) is 26.3 Å². The van der Waals surface area contributed by atoms with Gasteiger partial charge in [-0.25, -0.2) is 4.79 Å². The zero-order valence-corrected chi connectivity index (χ0v) is 17.6. The van der Waals surface area contributed by atoms with E-state index in [-0.39, 0.29) is 6.54 Å². The molecule has 3 rings (SSSR count). The van der Waals surface area contributed by atoms with E-state index in [0.717, 1.165) is 16.2 Å². The second-order valence-corrected chi connectivity index (χ2v) is 7.52. The molecule has 2 aromatic rings. The number of anilines is 1. The number of rotatable bonds is 7. The van der Waals surface area contributed by atoms with E-state index in [1.165, 1.54) is 7.11 Å². The lowest BCUT2D eigenvalue weighted by molar-refractivity contribution is -0.134. The number of hydrogen-bond acceptors (Lipinski definition) is 5. The van der Waals surface area contributed by atoms with Crippen molar-refractivity contribution in [3.63, 3.8) is 0 Å². The van der Waals surface area contributed by atoms with Crippen molar-refractivity contribution in [3.05, 3.63) is 59.7 Å². The molecule has 0 bridgehead atoms. The van der Waals surface area contributed by atoms with Crippen LogP contribution in [0.25, 0.3) is 0 Å². The quantitative estimate of drug-likeness (QED) is 0.680. The molecule has 1 aliphatic rings. The maximum absolute atomic E-state index is 13.0. The fourth-order valence-corrected chi connectivity index (χ4v) is 3.28. The van der Waals surface area contributed by atoms with Gasteiger partial charge in [0.25, 0.3) is 5.91 Å². The van der Waals surface area contributed by atoms with Crippen molar-refractivity contribution in [1.82, 2.24) is 15.5 Å². The highest BCUT2D eigenvalue weighted by Crippen LogP contribution is 2.30. The molecule has 30 heavy (non-hydrogen) atoms. The number of urea groups is 1. The Morgan fingerprint density at radius 2 is 1.87 bits per heavy atom. The van der Waals surface area contributed by atoms with Crippen LogP contribution in [0.4, 0.5) is 10.5 Å². The first kappa shape index (κ1) is 21.2. The van der Waals surface area contributed by atoms with Gasteiger partial charge >= 0.3 is 6.03 Å². The second kappa shape index (κ2) is 8.44. The van der Waals surface area contributed by atoms with Crippen molar-refractivity contribution in [2.75, 3.05) is 32.6 Å². The molecular formula is C22H26N4O4. The maximum atomic E-state index is 13.0. The molecule has 0 aromatic heterocycles. The molecule has 2 aromatic carbocycles. The number of benzene rings is 2. The molecule has 0 spiro atoms. The number of hydrogen-bond donors (Lipinski definition) is 2. The topological polar surface area (TPSA) is 91.0 Å². The Kier molecular flexibility index (Phi) is 5.96. The Hall–Kier alpha value is -3.55. The highest BCUT2D eigenvalue weighted by molar-refractivity contribution is 6.09. The summed E-state index contributed by atoms with van der Waals surface area (Å²) in [7, 11) is 5.43. The lowest BCUT2D eigenvalue weighted by Crippen LogP contribution is -2.43. The first-order chi connectivity index (χ1) is 14.2. The van der Waals surface area contributed by atoms with E-state index in [1.807, 2.05) is 43.3 Å². The Morgan fingerprint density at radius 3 is 2.50 bits per heavy atom. The minimum atomic E-state index is -1.26. The van der Waals surface area contributed by atoms with Crippen LogP contribution < -0.4 is 20.3 Å². The second-order valence-electron chi connectivity index (χ2n) is 7.52. The van der Waals surface area contributed by atoms with Gasteiger partial charge in [-0.2, -0.15) is 0 Å². The lowest BCUT2D eigenvalue weighted by Gasteiger charge is -2.22. The summed E-state index contributed by atoms with van der Waals surface area (Å²) in [6, 6.07) is 14.1. The van der Waals surface area contributed by atoms with Crippen LogP contribution in [0, 0.1) is 0 Å². The van der Waals surface area contributed by atoms with E-state index in [9.17, 15) is 14.4 Å². The first-order valence-electron chi connectivity index (χ1n) is 9.56. The highest BCUT2D eigenvalue weighted by Gasteiger charge is 2.49. The Balaban J connectivity index is 1.64. The van der Waals surface area contributed by atoms with Crippen molar-refractivity contribution in [2.24, 2.45) is 0 Å². The average Bonchev–Trinajstić information content (AvgIpc) is 2.96. The SMILES string of the molecule is COc1cccc([C@]2(C)NC(=O)N(CC(=O)NCc3ccc(N(C)C)cc3)C2=O)c1. The van der Waals surface area contributed by atoms with Gasteiger partial charge in [-0.05, 0) is 42.3 Å². The van der Waals surface area contributed by atoms with E-state index < -0.39 is 23.4 Å². The molecular weight excluding hydrogens is 384 g/mol. The number of imide groups is 1. The summed E-state index contributed by atoms with van der Waals surface area (Å²) in [4.78, 5) is 40.7. The molecule has 0 aliphatic carbocycles. The van der Waals surface area contributed by atoms with Crippen molar-refractivity contribution >= 4 is 23.5 Å². The Bertz CT molecular complexity index is 958. The van der Waals surface area contributed by atoms with E-state index in [1.54, 1.807) is 31.2 Å². The van der Waals surface area contributed by atoms with E-state index >= 15 is 0 Å². The number of nitrogens with zero attached hydrogens (tertiary/aromatic N) is 2. The lowest BCUT2D eigenvalue weighted by atomic mass is 9.92. The Morgan fingerprint density at radius 1 is 1.17 bits per heavy atom. The van der Waals surface area contributed by atoms with E-state index in [2.05, 4.69) is 10.6 Å². The van der Waals surface area contributed by atoms with Crippen LogP contribution in [0.3, 0.4) is 0 Å². The molecule has 1 saturated heterocycles. The molecule has 4 amide bonds. The van der Waals surface area contributed by atoms with Gasteiger partial charge in [0.1, 0.15) is 17.8 Å². The smallest absolute Gasteiger partial charge is 0.325 e. The molecule has 2 N–H and O–H groups in total. The summed E-state index contributed by atoms with van der Waals surface area (Å²) >= 11 is 0. The van der Waals surface area contributed by atoms with Gasteiger partial charge in [-0.15, -0.1) is 0 Å². The van der Waals surface area contributed by atoms with Crippen LogP contribution in [0.2, 0.25) is 0 Å². The summed E-state index contributed by atoms with van der Waals surface area (Å²) in [5, 5.41) is 5.45. The van der Waals surface area contributed by atoms with Crippen molar-refractivity contribution in [1.29, 1.82) is 0 Å². The monoisotopic (exact) mass is 410 g/mol. The number of carbonyl (C=O) groups is 3. The molecule has 1 fully saturated rings. The fraction of sp³-hybridized carbons (Fsp3) is 0.318. The van der Waals surface area contributed by atoms with E-state index in [4.69, 9.17) is 4.74 Å². The molecule has 0 saturated carbocycles. The van der Waals surface area contributed by atoms with Crippen LogP contribution >= 0.6 is 0 Å². The summed E-state index contributed by atoms with van der Waals surface area (Å²) in [5.41, 5.74) is 1.31. The van der Waals surface area contributed by atoms with Crippen molar-refractivity contribution in [2.45, 2.75) is 19.0 Å². The van der Waals surface area contributed by atoms with Gasteiger partial charge in [0.05, 0.1) is 7.11 Å². The first-order valence-corrected chi connectivity index (χ1v) is 9.56. The highest BCUT2D eigenvalue weighted by atomic mass is 16.5. The number of amides is 4. The fourth-order valence-electron chi connectivity index (χ4n) is 3.28. The van der Waals surface area contributed by atoms with Gasteiger partial charge in [0.15, 0.2) is 0 Å². The summed E-state index contributed by atoms with van der Waals surface area (Å²) in [5.74, 6) is -0.316. The molecule has 1 atom stereocenters. The number of nitrogens with one attached hydrogen (secondary N) is 2. The van der Waals surface area contributed by atoms with Crippen LogP contribution in [-0.2, 0) is 21.7 Å². The maximum Gasteiger partial charge on any atom is 0.325 e. The Labute approximate surface area is 175 Å². The minimum absolute atomic E-state index is 0.309. The third-order valence-electron chi connectivity index (χ3n) is 5.17. The predicted molar refractivity (Wildman–Crippen MR) is 113 cm³/mol. The van der Waals surface area contributed by atoms with Gasteiger partial charge in [0.2, 0.25) is 5.91 Å². The van der Waals surface area contributed by atoms with E-state index in [0.29, 0.717) is 17.9 Å². The van der Waals surface area contributed by atoms with Crippen LogP contribution in [0.15, 0.2) is 48.5 Å². The summed E-state index contributed by atoms with van der Waals surface area (Å²) < 4.78 is 5.20. The third kappa shape index (κ3) is 4.22. The molecule has 158 valence electrons. The number of carbonyl (C=O) groups excluding carboxylic acids is 3. The summed E-state index contributed by atoms with van der Waals surface area (Å²) in [6.07, 6.45) is 0. The molecule has 0 radical (unpaired) electrons. The predicted octanol–water partition coefficient (Wildman–Crippen LogP) is 1.84. The molecule has 8 nitrogen and oxygen atoms in total. The molecule has 0 unspecified atom stereocenters. The van der Waals surface area contributed by atoms with Crippen molar-refractivity contribution < 1.29 is 19.1 Å². The zero-order chi connectivity index (χ0) is 21.9. The molecule has 8 heteroatoms. The average molecular weight is 410 g/mol. The third-order valence-corrected chi connectivity index (χ3v) is 5.17. The minimum Gasteiger partial charge on any atom is -0.497 e. The van der Waals surface area contributed by atoms with Gasteiger partial charge in [-0.3, -0.25) is 14.5 Å². The molecule has 1 heterocycles. The van der Waals surface area contributed by atoms with Crippen LogP contribution in [0.1, 0.15) is 18.1 Å².